The van der Waals surface area contributed by atoms with Gasteiger partial charge in [0.2, 0.25) is 0 Å². The fourth-order valence-electron chi connectivity index (χ4n) is 3.04. The zero-order valence-corrected chi connectivity index (χ0v) is 13.8. The van der Waals surface area contributed by atoms with Crippen molar-refractivity contribution in [2.45, 2.75) is 45.6 Å². The van der Waals surface area contributed by atoms with Crippen molar-refractivity contribution in [1.29, 1.82) is 0 Å². The maximum atomic E-state index is 12.9. The van der Waals surface area contributed by atoms with Gasteiger partial charge in [-0.1, -0.05) is 50.1 Å². The summed E-state index contributed by atoms with van der Waals surface area (Å²) in [6.07, 6.45) is 5.74. The second-order valence-corrected chi connectivity index (χ2v) is 6.50. The average molecular weight is 311 g/mol. The first-order chi connectivity index (χ1) is 11.3. The molecular formula is C19H25N3O. The Morgan fingerprint density at radius 2 is 2.09 bits per heavy atom. The lowest BCUT2D eigenvalue weighted by Gasteiger charge is -2.32. The van der Waals surface area contributed by atoms with Crippen molar-refractivity contribution in [2.24, 2.45) is 5.92 Å². The number of nitrogens with zero attached hydrogens (tertiary/aromatic N) is 2. The molecule has 0 radical (unpaired) electrons. The lowest BCUT2D eigenvalue weighted by Crippen LogP contribution is -2.37. The van der Waals surface area contributed by atoms with E-state index in [4.69, 9.17) is 0 Å². The largest absolute Gasteiger partial charge is 0.333 e. The number of carbonyl (C=O) groups excluding carboxylic acids is 1. The van der Waals surface area contributed by atoms with Gasteiger partial charge in [-0.05, 0) is 36.8 Å². The normalized spacial score (nSPS) is 14.5. The van der Waals surface area contributed by atoms with Crippen molar-refractivity contribution in [3.63, 3.8) is 0 Å². The Balaban J connectivity index is 1.73. The fourth-order valence-corrected chi connectivity index (χ4v) is 3.04. The summed E-state index contributed by atoms with van der Waals surface area (Å²) in [5.74, 6) is 0.691. The van der Waals surface area contributed by atoms with Crippen LogP contribution in [0.25, 0.3) is 0 Å². The van der Waals surface area contributed by atoms with Crippen molar-refractivity contribution >= 4 is 5.91 Å². The lowest BCUT2D eigenvalue weighted by atomic mass is 9.85. The predicted molar refractivity (Wildman–Crippen MR) is 91.1 cm³/mol. The van der Waals surface area contributed by atoms with Crippen LogP contribution in [0.2, 0.25) is 0 Å². The van der Waals surface area contributed by atoms with Crippen LogP contribution in [-0.4, -0.2) is 27.5 Å². The summed E-state index contributed by atoms with van der Waals surface area (Å²) < 4.78 is 0. The zero-order chi connectivity index (χ0) is 16.1. The molecule has 4 nitrogen and oxygen atoms in total. The molecule has 1 aromatic heterocycles. The predicted octanol–water partition coefficient (Wildman–Crippen LogP) is 3.80. The van der Waals surface area contributed by atoms with E-state index in [9.17, 15) is 4.79 Å². The number of aromatic nitrogens is 2. The van der Waals surface area contributed by atoms with E-state index in [1.54, 1.807) is 0 Å². The molecule has 1 fully saturated rings. The summed E-state index contributed by atoms with van der Waals surface area (Å²) in [7, 11) is 0. The third kappa shape index (κ3) is 4.01. The highest BCUT2D eigenvalue weighted by Crippen LogP contribution is 2.28. The van der Waals surface area contributed by atoms with Crippen LogP contribution >= 0.6 is 0 Å². The number of aromatic amines is 1. The number of carbonyl (C=O) groups is 1. The van der Waals surface area contributed by atoms with Gasteiger partial charge in [0.1, 0.15) is 5.69 Å². The molecule has 1 aliphatic carbocycles. The SMILES string of the molecule is CCCc1cc(C(=O)N(Cc2ccccc2)CC2CCC2)n[nH]1. The Morgan fingerprint density at radius 1 is 1.30 bits per heavy atom. The minimum Gasteiger partial charge on any atom is -0.333 e. The first kappa shape index (κ1) is 15.8. The van der Waals surface area contributed by atoms with Crippen molar-refractivity contribution < 1.29 is 4.79 Å². The van der Waals surface area contributed by atoms with Crippen molar-refractivity contribution in [2.75, 3.05) is 6.54 Å². The van der Waals surface area contributed by atoms with Crippen LogP contribution < -0.4 is 0 Å². The van der Waals surface area contributed by atoms with Gasteiger partial charge in [0, 0.05) is 18.8 Å². The second-order valence-electron chi connectivity index (χ2n) is 6.50. The molecule has 0 atom stereocenters. The summed E-state index contributed by atoms with van der Waals surface area (Å²) >= 11 is 0. The molecule has 1 N–H and O–H groups in total. The maximum Gasteiger partial charge on any atom is 0.274 e. The third-order valence-corrected chi connectivity index (χ3v) is 4.58. The van der Waals surface area contributed by atoms with Gasteiger partial charge in [-0.25, -0.2) is 0 Å². The first-order valence-electron chi connectivity index (χ1n) is 8.63. The van der Waals surface area contributed by atoms with Crippen molar-refractivity contribution in [3.05, 3.63) is 53.3 Å². The molecule has 2 aromatic rings. The molecule has 1 aliphatic rings. The summed E-state index contributed by atoms with van der Waals surface area (Å²) in [5.41, 5.74) is 2.76. The molecule has 23 heavy (non-hydrogen) atoms. The molecule has 122 valence electrons. The van der Waals surface area contributed by atoms with Gasteiger partial charge in [-0.2, -0.15) is 5.10 Å². The van der Waals surface area contributed by atoms with Gasteiger partial charge < -0.3 is 4.90 Å². The number of hydrogen-bond acceptors (Lipinski definition) is 2. The Labute approximate surface area is 137 Å². The van der Waals surface area contributed by atoms with E-state index in [1.807, 2.05) is 29.2 Å². The molecule has 1 heterocycles. The third-order valence-electron chi connectivity index (χ3n) is 4.58. The fraction of sp³-hybridized carbons (Fsp3) is 0.474. The van der Waals surface area contributed by atoms with E-state index in [1.165, 1.54) is 24.8 Å². The standard InChI is InChI=1S/C19H25N3O/c1-2-7-17-12-18(21-20-17)19(23)22(14-16-10-6-11-16)13-15-8-4-3-5-9-15/h3-5,8-9,12,16H,2,6-7,10-11,13-14H2,1H3,(H,20,21). The van der Waals surface area contributed by atoms with Crippen molar-refractivity contribution in [3.8, 4) is 0 Å². The quantitative estimate of drug-likeness (QED) is 0.845. The smallest absolute Gasteiger partial charge is 0.274 e. The highest BCUT2D eigenvalue weighted by Gasteiger charge is 2.25. The summed E-state index contributed by atoms with van der Waals surface area (Å²) in [6.45, 7) is 3.62. The Morgan fingerprint density at radius 3 is 2.74 bits per heavy atom. The van der Waals surface area contributed by atoms with E-state index in [2.05, 4.69) is 29.3 Å². The van der Waals surface area contributed by atoms with Gasteiger partial charge in [0.05, 0.1) is 0 Å². The Hall–Kier alpha value is -2.10. The molecule has 1 aromatic carbocycles. The van der Waals surface area contributed by atoms with Gasteiger partial charge in [0.15, 0.2) is 0 Å². The molecule has 0 unspecified atom stereocenters. The van der Waals surface area contributed by atoms with E-state index in [0.717, 1.165) is 25.1 Å². The van der Waals surface area contributed by atoms with Crippen LogP contribution in [0.15, 0.2) is 36.4 Å². The number of H-pyrrole nitrogens is 1. The maximum absolute atomic E-state index is 12.9. The molecule has 0 spiro atoms. The Kier molecular flexibility index (Phi) is 5.11. The van der Waals surface area contributed by atoms with Gasteiger partial charge >= 0.3 is 0 Å². The lowest BCUT2D eigenvalue weighted by molar-refractivity contribution is 0.0673. The highest BCUT2D eigenvalue weighted by molar-refractivity contribution is 5.92. The van der Waals surface area contributed by atoms with Crippen LogP contribution in [0.1, 0.15) is 54.4 Å². The van der Waals surface area contributed by atoms with Gasteiger partial charge in [0.25, 0.3) is 5.91 Å². The number of rotatable bonds is 7. The summed E-state index contributed by atoms with van der Waals surface area (Å²) in [4.78, 5) is 14.8. The summed E-state index contributed by atoms with van der Waals surface area (Å²) in [6, 6.07) is 12.1. The van der Waals surface area contributed by atoms with E-state index in [-0.39, 0.29) is 5.91 Å². The van der Waals surface area contributed by atoms with Crippen LogP contribution in [0, 0.1) is 5.92 Å². The minimum absolute atomic E-state index is 0.0411. The van der Waals surface area contributed by atoms with Gasteiger partial charge in [-0.15, -0.1) is 0 Å². The molecule has 3 rings (SSSR count). The van der Waals surface area contributed by atoms with Crippen LogP contribution in [0.5, 0.6) is 0 Å². The number of aryl methyl sites for hydroxylation is 1. The van der Waals surface area contributed by atoms with Crippen LogP contribution in [0.3, 0.4) is 0 Å². The highest BCUT2D eigenvalue weighted by atomic mass is 16.2. The van der Waals surface area contributed by atoms with Crippen molar-refractivity contribution in [1.82, 2.24) is 15.1 Å². The van der Waals surface area contributed by atoms with Gasteiger partial charge in [-0.3, -0.25) is 9.89 Å². The molecule has 4 heteroatoms. The molecule has 1 amide bonds. The Bertz CT molecular complexity index is 631. The second kappa shape index (κ2) is 7.44. The first-order valence-corrected chi connectivity index (χ1v) is 8.63. The van der Waals surface area contributed by atoms with E-state index in [0.29, 0.717) is 18.2 Å². The molecule has 0 bridgehead atoms. The topological polar surface area (TPSA) is 49.0 Å². The number of nitrogens with one attached hydrogen (secondary N) is 1. The van der Waals surface area contributed by atoms with Crippen LogP contribution in [-0.2, 0) is 13.0 Å². The van der Waals surface area contributed by atoms with Crippen LogP contribution in [0.4, 0.5) is 0 Å². The number of benzene rings is 1. The molecule has 0 saturated heterocycles. The molecule has 0 aliphatic heterocycles. The molecule has 1 saturated carbocycles. The average Bonchev–Trinajstić information content (AvgIpc) is 2.99. The monoisotopic (exact) mass is 311 g/mol. The summed E-state index contributed by atoms with van der Waals surface area (Å²) in [5, 5.41) is 7.22. The van der Waals surface area contributed by atoms with E-state index < -0.39 is 0 Å². The number of amides is 1. The number of hydrogen-bond donors (Lipinski definition) is 1. The zero-order valence-electron chi connectivity index (χ0n) is 13.8. The minimum atomic E-state index is 0.0411. The molecular weight excluding hydrogens is 286 g/mol. The van der Waals surface area contributed by atoms with E-state index >= 15 is 0 Å².